The number of hydrogen-bond acceptors (Lipinski definition) is 10. The van der Waals surface area contributed by atoms with Gasteiger partial charge in [-0.2, -0.15) is 0 Å². The third kappa shape index (κ3) is 6.77. The molecule has 0 saturated carbocycles. The van der Waals surface area contributed by atoms with Crippen molar-refractivity contribution in [2.75, 3.05) is 43.9 Å². The van der Waals surface area contributed by atoms with Gasteiger partial charge in [0.2, 0.25) is 0 Å². The first-order valence-corrected chi connectivity index (χ1v) is 13.6. The Labute approximate surface area is 223 Å². The average molecular weight is 535 g/mol. The van der Waals surface area contributed by atoms with Gasteiger partial charge in [-0.25, -0.2) is 0 Å². The zero-order chi connectivity index (χ0) is 27.2. The lowest BCUT2D eigenvalue weighted by Crippen LogP contribution is -2.60. The topological polar surface area (TPSA) is 170 Å². The predicted molar refractivity (Wildman–Crippen MR) is 143 cm³/mol. The smallest absolute Gasteiger partial charge is 0.255 e. The van der Waals surface area contributed by atoms with Crippen LogP contribution in [0.5, 0.6) is 5.75 Å². The number of allylic oxidation sites excluding steroid dienone is 2. The quantitative estimate of drug-likeness (QED) is 0.174. The fourth-order valence-electron chi connectivity index (χ4n) is 5.46. The monoisotopic (exact) mass is 534 g/mol. The molecule has 1 amide bonds. The SMILES string of the molecule is CCOc1cc(N)c(N[C@@H]2O[C@H](CO)[C@@H](O)[C@H](O)[C@H]2O)cc1C(=O)NC1CCN(CC2CC=CCC2)CC1. The molecule has 0 bridgehead atoms. The van der Waals surface area contributed by atoms with E-state index in [1.165, 1.54) is 18.6 Å². The minimum atomic E-state index is -1.54. The van der Waals surface area contributed by atoms with Crippen LogP contribution in [0.4, 0.5) is 11.4 Å². The Hall–Kier alpha value is -2.41. The van der Waals surface area contributed by atoms with Gasteiger partial charge in [0.05, 0.1) is 30.2 Å². The summed E-state index contributed by atoms with van der Waals surface area (Å²) in [6.45, 7) is 4.59. The molecule has 1 unspecified atom stereocenters. The lowest BCUT2D eigenvalue weighted by atomic mass is 9.93. The molecule has 2 saturated heterocycles. The second-order valence-electron chi connectivity index (χ2n) is 10.5. The van der Waals surface area contributed by atoms with E-state index in [9.17, 15) is 25.2 Å². The number of nitrogens with zero attached hydrogens (tertiary/aromatic N) is 1. The Morgan fingerprint density at radius 1 is 1.13 bits per heavy atom. The molecule has 0 aromatic heterocycles. The number of carbonyl (C=O) groups is 1. The zero-order valence-corrected chi connectivity index (χ0v) is 22.0. The van der Waals surface area contributed by atoms with Crippen molar-refractivity contribution in [1.82, 2.24) is 10.2 Å². The number of hydrogen-bond donors (Lipinski definition) is 7. The second kappa shape index (κ2) is 13.1. The molecule has 0 spiro atoms. The van der Waals surface area contributed by atoms with Gasteiger partial charge < -0.3 is 51.2 Å². The fraction of sp³-hybridized carbons (Fsp3) is 0.667. The highest BCUT2D eigenvalue weighted by Crippen LogP contribution is 2.32. The summed E-state index contributed by atoms with van der Waals surface area (Å²) < 4.78 is 11.2. The molecule has 212 valence electrons. The molecule has 2 aliphatic heterocycles. The van der Waals surface area contributed by atoms with E-state index in [4.69, 9.17) is 15.2 Å². The largest absolute Gasteiger partial charge is 0.493 e. The lowest BCUT2D eigenvalue weighted by molar-refractivity contribution is -0.221. The van der Waals surface area contributed by atoms with Crippen LogP contribution in [0.1, 0.15) is 49.4 Å². The number of carbonyl (C=O) groups excluding carboxylic acids is 1. The van der Waals surface area contributed by atoms with Crippen molar-refractivity contribution < 1.29 is 34.7 Å². The van der Waals surface area contributed by atoms with Crippen LogP contribution < -0.4 is 21.1 Å². The lowest BCUT2D eigenvalue weighted by Gasteiger charge is -2.40. The van der Waals surface area contributed by atoms with Gasteiger partial charge in [-0.05, 0) is 51.0 Å². The number of likely N-dealkylation sites (tertiary alicyclic amines) is 1. The van der Waals surface area contributed by atoms with Gasteiger partial charge in [0.25, 0.3) is 5.91 Å². The maximum absolute atomic E-state index is 13.4. The van der Waals surface area contributed by atoms with Crippen LogP contribution in [-0.2, 0) is 4.74 Å². The summed E-state index contributed by atoms with van der Waals surface area (Å²) in [6, 6.07) is 3.10. The van der Waals surface area contributed by atoms with Crippen LogP contribution in [0.15, 0.2) is 24.3 Å². The van der Waals surface area contributed by atoms with Gasteiger partial charge in [-0.1, -0.05) is 12.2 Å². The number of nitrogens with two attached hydrogens (primary N) is 1. The van der Waals surface area contributed by atoms with Crippen LogP contribution in [0.25, 0.3) is 0 Å². The normalized spacial score (nSPS) is 30.7. The molecule has 1 aliphatic carbocycles. The molecule has 6 atom stereocenters. The Bertz CT molecular complexity index is 967. The van der Waals surface area contributed by atoms with Crippen LogP contribution in [-0.4, -0.2) is 101 Å². The van der Waals surface area contributed by atoms with Crippen LogP contribution >= 0.6 is 0 Å². The van der Waals surface area contributed by atoms with Crippen molar-refractivity contribution in [3.63, 3.8) is 0 Å². The first-order chi connectivity index (χ1) is 18.3. The number of rotatable bonds is 9. The average Bonchev–Trinajstić information content (AvgIpc) is 2.92. The van der Waals surface area contributed by atoms with E-state index in [0.717, 1.165) is 45.3 Å². The molecule has 3 aliphatic rings. The Balaban J connectivity index is 1.41. The molecule has 0 radical (unpaired) electrons. The van der Waals surface area contributed by atoms with Crippen LogP contribution in [0.2, 0.25) is 0 Å². The summed E-state index contributed by atoms with van der Waals surface area (Å²) in [5.74, 6) is 0.759. The number of piperidine rings is 1. The number of nitrogens with one attached hydrogen (secondary N) is 2. The van der Waals surface area contributed by atoms with Crippen molar-refractivity contribution >= 4 is 17.3 Å². The van der Waals surface area contributed by atoms with E-state index in [-0.39, 0.29) is 23.2 Å². The zero-order valence-electron chi connectivity index (χ0n) is 22.0. The van der Waals surface area contributed by atoms with E-state index in [1.807, 2.05) is 6.92 Å². The van der Waals surface area contributed by atoms with Gasteiger partial charge in [-0.3, -0.25) is 4.79 Å². The molecular formula is C27H42N4O7. The Morgan fingerprint density at radius 2 is 1.89 bits per heavy atom. The van der Waals surface area contributed by atoms with E-state index < -0.39 is 37.3 Å². The molecule has 2 fully saturated rings. The molecule has 1 aromatic carbocycles. The molecule has 38 heavy (non-hydrogen) atoms. The van der Waals surface area contributed by atoms with Gasteiger partial charge in [0.15, 0.2) is 6.23 Å². The number of anilines is 2. The summed E-state index contributed by atoms with van der Waals surface area (Å²) in [4.78, 5) is 15.8. The van der Waals surface area contributed by atoms with Crippen LogP contribution in [0, 0.1) is 5.92 Å². The number of aliphatic hydroxyl groups is 4. The maximum atomic E-state index is 13.4. The highest BCUT2D eigenvalue weighted by molar-refractivity contribution is 5.99. The van der Waals surface area contributed by atoms with E-state index >= 15 is 0 Å². The molecular weight excluding hydrogens is 492 g/mol. The maximum Gasteiger partial charge on any atom is 0.255 e. The van der Waals surface area contributed by atoms with Crippen molar-refractivity contribution in [2.24, 2.45) is 5.92 Å². The Morgan fingerprint density at radius 3 is 2.55 bits per heavy atom. The number of aliphatic hydroxyl groups excluding tert-OH is 4. The summed E-state index contributed by atoms with van der Waals surface area (Å²) in [6.07, 6.45) is 3.07. The minimum absolute atomic E-state index is 0.0406. The third-order valence-electron chi connectivity index (χ3n) is 7.70. The standard InChI is InChI=1S/C27H42N4O7/c1-2-37-21-13-19(28)20(30-27-25(35)24(34)23(33)22(15-32)38-27)12-18(21)26(36)29-17-8-10-31(11-9-17)14-16-6-4-3-5-7-16/h3-4,12-13,16-17,22-25,27,30,32-35H,2,5-11,14-15,28H2,1H3,(H,29,36)/t16?,22-,23-,24+,25-,27-/m1/s1. The predicted octanol–water partition coefficient (Wildman–Crippen LogP) is 0.430. The van der Waals surface area contributed by atoms with Gasteiger partial charge >= 0.3 is 0 Å². The Kier molecular flexibility index (Phi) is 9.85. The minimum Gasteiger partial charge on any atom is -0.493 e. The van der Waals surface area contributed by atoms with Crippen molar-refractivity contribution in [2.45, 2.75) is 75.7 Å². The summed E-state index contributed by atoms with van der Waals surface area (Å²) in [5, 5.41) is 46.1. The summed E-state index contributed by atoms with van der Waals surface area (Å²) in [7, 11) is 0. The van der Waals surface area contributed by atoms with E-state index in [2.05, 4.69) is 27.7 Å². The number of ether oxygens (including phenoxy) is 2. The third-order valence-corrected chi connectivity index (χ3v) is 7.70. The van der Waals surface area contributed by atoms with Crippen molar-refractivity contribution in [3.05, 3.63) is 29.8 Å². The molecule has 2 heterocycles. The molecule has 11 nitrogen and oxygen atoms in total. The number of benzene rings is 1. The first kappa shape index (κ1) is 28.6. The van der Waals surface area contributed by atoms with Gasteiger partial charge in [-0.15, -0.1) is 0 Å². The molecule has 11 heteroatoms. The second-order valence-corrected chi connectivity index (χ2v) is 10.5. The summed E-state index contributed by atoms with van der Waals surface area (Å²) in [5.41, 5.74) is 7.02. The molecule has 1 aromatic rings. The van der Waals surface area contributed by atoms with E-state index in [1.54, 1.807) is 0 Å². The van der Waals surface area contributed by atoms with Gasteiger partial charge in [0.1, 0.15) is 30.2 Å². The van der Waals surface area contributed by atoms with Crippen LogP contribution in [0.3, 0.4) is 0 Å². The highest BCUT2D eigenvalue weighted by atomic mass is 16.6. The highest BCUT2D eigenvalue weighted by Gasteiger charge is 2.43. The van der Waals surface area contributed by atoms with Crippen molar-refractivity contribution in [3.8, 4) is 5.75 Å². The fourth-order valence-corrected chi connectivity index (χ4v) is 5.46. The summed E-state index contributed by atoms with van der Waals surface area (Å²) >= 11 is 0. The van der Waals surface area contributed by atoms with Gasteiger partial charge in [0, 0.05) is 31.7 Å². The number of nitrogen functional groups attached to an aromatic ring is 1. The molecule has 8 N–H and O–H groups in total. The first-order valence-electron chi connectivity index (χ1n) is 13.6. The molecule has 4 rings (SSSR count). The van der Waals surface area contributed by atoms with E-state index in [0.29, 0.717) is 24.0 Å². The number of amides is 1. The van der Waals surface area contributed by atoms with Crippen molar-refractivity contribution in [1.29, 1.82) is 0 Å².